The molecule has 3 aromatic rings. The summed E-state index contributed by atoms with van der Waals surface area (Å²) in [6, 6.07) is 18.8. The number of carbonyl (C=O) groups is 3. The van der Waals surface area contributed by atoms with Crippen molar-refractivity contribution >= 4 is 29.6 Å². The summed E-state index contributed by atoms with van der Waals surface area (Å²) >= 11 is 1.41. The quantitative estimate of drug-likeness (QED) is 0.344. The minimum Gasteiger partial charge on any atom is -0.460 e. The van der Waals surface area contributed by atoms with E-state index in [2.05, 4.69) is 22.4 Å². The second-order valence-electron chi connectivity index (χ2n) is 10.1. The van der Waals surface area contributed by atoms with Gasteiger partial charge >= 0.3 is 12.1 Å². The second kappa shape index (κ2) is 12.3. The molecular formula is C30H32N2O5S. The third-order valence-electron chi connectivity index (χ3n) is 6.08. The molecule has 2 aromatic carbocycles. The predicted molar refractivity (Wildman–Crippen MR) is 148 cm³/mol. The molecule has 7 nitrogen and oxygen atoms in total. The maximum absolute atomic E-state index is 13.0. The van der Waals surface area contributed by atoms with Gasteiger partial charge in [0, 0.05) is 24.1 Å². The zero-order valence-corrected chi connectivity index (χ0v) is 22.6. The minimum absolute atomic E-state index is 0.107. The smallest absolute Gasteiger partial charge is 0.407 e. The molecular weight excluding hydrogens is 500 g/mol. The van der Waals surface area contributed by atoms with Crippen molar-refractivity contribution in [2.75, 3.05) is 12.4 Å². The molecule has 0 radical (unpaired) electrons. The van der Waals surface area contributed by atoms with Gasteiger partial charge in [-0.25, -0.2) is 4.79 Å². The molecule has 0 bridgehead atoms. The molecule has 0 aliphatic heterocycles. The van der Waals surface area contributed by atoms with Gasteiger partial charge in [0.2, 0.25) is 0 Å². The molecule has 0 saturated carbocycles. The van der Waals surface area contributed by atoms with Crippen molar-refractivity contribution in [1.29, 1.82) is 0 Å². The fraction of sp³-hybridized carbons (Fsp3) is 0.333. The standard InChI is InChI=1S/C30H32N2O5S/c1-30(2,3)37-28(34)16-26(27(33)19-38-18-20-12-14-31-15-13-20)32-29(35)36-17-25-23-10-6-4-8-21(23)22-9-5-7-11-24(22)25/h4-15,25-26H,16-19H2,1-3H3,(H,32,35)/t26-/m0/s1. The van der Waals surface area contributed by atoms with Crippen LogP contribution in [0.15, 0.2) is 73.1 Å². The minimum atomic E-state index is -1.05. The lowest BCUT2D eigenvalue weighted by molar-refractivity contribution is -0.156. The molecule has 1 aliphatic carbocycles. The van der Waals surface area contributed by atoms with Gasteiger partial charge in [-0.3, -0.25) is 14.6 Å². The number of hydrogen-bond acceptors (Lipinski definition) is 7. The van der Waals surface area contributed by atoms with Crippen molar-refractivity contribution in [3.8, 4) is 11.1 Å². The summed E-state index contributed by atoms with van der Waals surface area (Å²) in [6.07, 6.45) is 2.38. The Morgan fingerprint density at radius 3 is 2.16 bits per heavy atom. The number of aromatic nitrogens is 1. The number of alkyl carbamates (subject to hydrolysis) is 1. The highest BCUT2D eigenvalue weighted by Gasteiger charge is 2.31. The number of nitrogens with zero attached hydrogens (tertiary/aromatic N) is 1. The van der Waals surface area contributed by atoms with Gasteiger partial charge in [-0.15, -0.1) is 11.8 Å². The van der Waals surface area contributed by atoms with Crippen LogP contribution in [0.25, 0.3) is 11.1 Å². The molecule has 198 valence electrons. The van der Waals surface area contributed by atoms with Crippen LogP contribution < -0.4 is 5.32 Å². The van der Waals surface area contributed by atoms with E-state index in [1.807, 2.05) is 48.5 Å². The Morgan fingerprint density at radius 1 is 0.947 bits per heavy atom. The van der Waals surface area contributed by atoms with E-state index in [-0.39, 0.29) is 30.5 Å². The Morgan fingerprint density at radius 2 is 1.55 bits per heavy atom. The number of pyridine rings is 1. The Bertz CT molecular complexity index is 1240. The van der Waals surface area contributed by atoms with Crippen molar-refractivity contribution in [3.63, 3.8) is 0 Å². The van der Waals surface area contributed by atoms with Gasteiger partial charge in [0.15, 0.2) is 5.78 Å². The van der Waals surface area contributed by atoms with Gasteiger partial charge in [0.1, 0.15) is 18.2 Å². The Hall–Kier alpha value is -3.65. The normalized spacial score (nSPS) is 13.2. The fourth-order valence-corrected chi connectivity index (χ4v) is 5.36. The van der Waals surface area contributed by atoms with Gasteiger partial charge in [-0.05, 0) is 60.7 Å². The van der Waals surface area contributed by atoms with E-state index in [0.29, 0.717) is 5.75 Å². The average Bonchev–Trinajstić information content (AvgIpc) is 3.20. The van der Waals surface area contributed by atoms with Crippen LogP contribution in [-0.4, -0.2) is 46.8 Å². The summed E-state index contributed by atoms with van der Waals surface area (Å²) in [5.41, 5.74) is 4.77. The number of amides is 1. The topological polar surface area (TPSA) is 94.6 Å². The molecule has 1 N–H and O–H groups in total. The zero-order chi connectivity index (χ0) is 27.1. The van der Waals surface area contributed by atoms with E-state index < -0.39 is 23.7 Å². The van der Waals surface area contributed by atoms with Gasteiger partial charge in [-0.2, -0.15) is 0 Å². The maximum Gasteiger partial charge on any atom is 0.407 e. The highest BCUT2D eigenvalue weighted by Crippen LogP contribution is 2.44. The number of esters is 1. The van der Waals surface area contributed by atoms with Crippen LogP contribution in [0.5, 0.6) is 0 Å². The van der Waals surface area contributed by atoms with Crippen LogP contribution in [0.4, 0.5) is 4.79 Å². The number of hydrogen-bond donors (Lipinski definition) is 1. The number of Topliss-reactive ketones (excluding diaryl/α,β-unsaturated/α-hetero) is 1. The number of thioether (sulfide) groups is 1. The number of fused-ring (bicyclic) bond motifs is 3. The van der Waals surface area contributed by atoms with Crippen LogP contribution in [0.3, 0.4) is 0 Å². The number of rotatable bonds is 10. The van der Waals surface area contributed by atoms with E-state index in [1.165, 1.54) is 11.8 Å². The zero-order valence-electron chi connectivity index (χ0n) is 21.8. The summed E-state index contributed by atoms with van der Waals surface area (Å²) in [4.78, 5) is 42.4. The molecule has 4 rings (SSSR count). The highest BCUT2D eigenvalue weighted by atomic mass is 32.2. The number of nitrogens with one attached hydrogen (secondary N) is 1. The molecule has 1 atom stereocenters. The number of carbonyl (C=O) groups excluding carboxylic acids is 3. The first-order valence-electron chi connectivity index (χ1n) is 12.5. The first-order valence-corrected chi connectivity index (χ1v) is 13.7. The van der Waals surface area contributed by atoms with E-state index >= 15 is 0 Å². The SMILES string of the molecule is CC(C)(C)OC(=O)C[C@H](NC(=O)OCC1c2ccccc2-c2ccccc21)C(=O)CSCc1ccncc1. The molecule has 0 fully saturated rings. The number of benzene rings is 2. The van der Waals surface area contributed by atoms with Crippen LogP contribution in [-0.2, 0) is 24.8 Å². The predicted octanol–water partition coefficient (Wildman–Crippen LogP) is 5.52. The van der Waals surface area contributed by atoms with Crippen molar-refractivity contribution in [1.82, 2.24) is 10.3 Å². The van der Waals surface area contributed by atoms with E-state index in [0.717, 1.165) is 27.8 Å². The van der Waals surface area contributed by atoms with Gasteiger partial charge in [-0.1, -0.05) is 48.5 Å². The van der Waals surface area contributed by atoms with Gasteiger partial charge < -0.3 is 14.8 Å². The molecule has 38 heavy (non-hydrogen) atoms. The first-order chi connectivity index (χ1) is 18.2. The van der Waals surface area contributed by atoms with Crippen molar-refractivity contribution in [2.45, 2.75) is 50.5 Å². The van der Waals surface area contributed by atoms with Crippen molar-refractivity contribution in [2.24, 2.45) is 0 Å². The molecule has 8 heteroatoms. The Balaban J connectivity index is 1.39. The second-order valence-corrected chi connectivity index (χ2v) is 11.1. The monoisotopic (exact) mass is 532 g/mol. The van der Waals surface area contributed by atoms with Crippen LogP contribution >= 0.6 is 11.8 Å². The lowest BCUT2D eigenvalue weighted by Crippen LogP contribution is -2.44. The lowest BCUT2D eigenvalue weighted by Gasteiger charge is -2.22. The van der Waals surface area contributed by atoms with E-state index in [9.17, 15) is 14.4 Å². The molecule has 0 spiro atoms. The Kier molecular flexibility index (Phi) is 8.84. The van der Waals surface area contributed by atoms with Crippen molar-refractivity contribution in [3.05, 3.63) is 89.7 Å². The molecule has 0 saturated heterocycles. The summed E-state index contributed by atoms with van der Waals surface area (Å²) in [7, 11) is 0. The average molecular weight is 533 g/mol. The largest absolute Gasteiger partial charge is 0.460 e. The number of ketones is 1. The Labute approximate surface area is 227 Å². The van der Waals surface area contributed by atoms with Gasteiger partial charge in [0.05, 0.1) is 12.2 Å². The van der Waals surface area contributed by atoms with E-state index in [1.54, 1.807) is 33.2 Å². The van der Waals surface area contributed by atoms with Gasteiger partial charge in [0.25, 0.3) is 0 Å². The summed E-state index contributed by atoms with van der Waals surface area (Å²) < 4.78 is 11.0. The van der Waals surface area contributed by atoms with Crippen LogP contribution in [0.1, 0.15) is 49.8 Å². The third kappa shape index (κ3) is 7.22. The lowest BCUT2D eigenvalue weighted by atomic mass is 9.98. The molecule has 1 aliphatic rings. The summed E-state index contributed by atoms with van der Waals surface area (Å²) in [5.74, 6) is -0.209. The molecule has 1 heterocycles. The van der Waals surface area contributed by atoms with Crippen molar-refractivity contribution < 1.29 is 23.9 Å². The first kappa shape index (κ1) is 27.4. The summed E-state index contributed by atoms with van der Waals surface area (Å²) in [5, 5.41) is 2.62. The maximum atomic E-state index is 13.0. The fourth-order valence-electron chi connectivity index (χ4n) is 4.43. The highest BCUT2D eigenvalue weighted by molar-refractivity contribution is 7.99. The van der Waals surface area contributed by atoms with Crippen LogP contribution in [0.2, 0.25) is 0 Å². The molecule has 1 aromatic heterocycles. The molecule has 0 unspecified atom stereocenters. The summed E-state index contributed by atoms with van der Waals surface area (Å²) in [6.45, 7) is 5.38. The molecule has 1 amide bonds. The van der Waals surface area contributed by atoms with E-state index in [4.69, 9.17) is 9.47 Å². The van der Waals surface area contributed by atoms with Crippen LogP contribution in [0, 0.1) is 0 Å². The third-order valence-corrected chi connectivity index (χ3v) is 7.10. The number of ether oxygens (including phenoxy) is 2.